The van der Waals surface area contributed by atoms with Gasteiger partial charge in [-0.25, -0.2) is 12.3 Å². The molecule has 0 aromatic carbocycles. The van der Waals surface area contributed by atoms with E-state index >= 15 is 0 Å². The fourth-order valence-electron chi connectivity index (χ4n) is 2.07. The van der Waals surface area contributed by atoms with Gasteiger partial charge in [0.15, 0.2) is 0 Å². The molecule has 0 bridgehead atoms. The number of rotatable bonds is 10. The summed E-state index contributed by atoms with van der Waals surface area (Å²) in [5.74, 6) is 0. The fourth-order valence-corrected chi connectivity index (χ4v) is 2.07. The van der Waals surface area contributed by atoms with Crippen LogP contribution < -0.4 is 0 Å². The Kier molecular flexibility index (Phi) is 33.1. The van der Waals surface area contributed by atoms with Crippen molar-refractivity contribution in [3.8, 4) is 0 Å². The van der Waals surface area contributed by atoms with E-state index in [9.17, 15) is 0 Å². The Morgan fingerprint density at radius 3 is 1.00 bits per heavy atom. The van der Waals surface area contributed by atoms with Crippen molar-refractivity contribution in [3.05, 3.63) is 21.3 Å². The predicted molar refractivity (Wildman–Crippen MR) is 116 cm³/mol. The molecule has 0 radical (unpaired) electrons. The summed E-state index contributed by atoms with van der Waals surface area (Å²) in [4.78, 5) is 15.5. The standard InChI is InChI=1S/2C9H20N2.2CHO.Ru/c2*1-6-9(3,4)8(10-5)11-7-2;2*1-2;/h2*8H,6-7H2,1-5H3;2*1H;/q2*-2;2*-1;+6. The van der Waals surface area contributed by atoms with Crippen molar-refractivity contribution in [2.75, 3.05) is 27.2 Å². The van der Waals surface area contributed by atoms with Crippen molar-refractivity contribution in [2.24, 2.45) is 10.8 Å². The van der Waals surface area contributed by atoms with Crippen molar-refractivity contribution < 1.29 is 29.1 Å². The monoisotopic (exact) mass is 472 g/mol. The summed E-state index contributed by atoms with van der Waals surface area (Å²) < 4.78 is 0. The Bertz CT molecular complexity index is 265. The van der Waals surface area contributed by atoms with Crippen molar-refractivity contribution in [3.63, 3.8) is 0 Å². The molecule has 7 heteroatoms. The SMILES string of the molecule is CC[N-]C([N-]C)C(C)(C)CC.CC[N-]C([N-]C)C(C)(C)CC.[CH-]=O.[CH-]=O.[Ru+6]. The number of nitrogens with zero attached hydrogens (tertiary/aromatic N) is 4. The van der Waals surface area contributed by atoms with Gasteiger partial charge in [-0.2, -0.15) is 27.2 Å². The zero-order chi connectivity index (χ0) is 21.8. The second-order valence-corrected chi connectivity index (χ2v) is 6.95. The predicted octanol–water partition coefficient (Wildman–Crippen LogP) is 5.74. The van der Waals surface area contributed by atoms with E-state index in [1.54, 1.807) is 0 Å². The summed E-state index contributed by atoms with van der Waals surface area (Å²) in [5, 5.41) is 17.3. The first kappa shape index (κ1) is 37.5. The maximum Gasteiger partial charge on any atom is 6.00 e. The van der Waals surface area contributed by atoms with E-state index < -0.39 is 0 Å². The maximum atomic E-state index is 7.75. The average molecular weight is 472 g/mol. The van der Waals surface area contributed by atoms with E-state index in [1.807, 2.05) is 14.1 Å². The molecule has 0 saturated heterocycles. The Labute approximate surface area is 182 Å². The average Bonchev–Trinajstić information content (AvgIpc) is 2.67. The summed E-state index contributed by atoms with van der Waals surface area (Å²) in [6.45, 7) is 25.6. The van der Waals surface area contributed by atoms with Gasteiger partial charge < -0.3 is 30.9 Å². The van der Waals surface area contributed by atoms with Crippen LogP contribution in [0.1, 0.15) is 68.2 Å². The van der Waals surface area contributed by atoms with Crippen LogP contribution in [0.4, 0.5) is 0 Å². The summed E-state index contributed by atoms with van der Waals surface area (Å²) in [7, 11) is 3.70. The molecule has 0 fully saturated rings. The largest absolute Gasteiger partial charge is 6.00 e. The van der Waals surface area contributed by atoms with Crippen LogP contribution in [0.5, 0.6) is 0 Å². The zero-order valence-corrected chi connectivity index (χ0v) is 20.8. The Balaban J connectivity index is -0.0000000975. The van der Waals surface area contributed by atoms with Crippen LogP contribution in [0.3, 0.4) is 0 Å². The molecule has 0 aliphatic rings. The van der Waals surface area contributed by atoms with Crippen LogP contribution in [0, 0.1) is 10.8 Å². The van der Waals surface area contributed by atoms with Gasteiger partial charge in [0.05, 0.1) is 0 Å². The molecule has 0 aliphatic heterocycles. The molecule has 0 heterocycles. The molecule has 2 atom stereocenters. The van der Waals surface area contributed by atoms with E-state index in [1.165, 1.54) is 0 Å². The minimum absolute atomic E-state index is 0. The minimum Gasteiger partial charge on any atom is -0.680 e. The van der Waals surface area contributed by atoms with Gasteiger partial charge in [-0.3, -0.25) is 13.6 Å². The molecular formula is C20H42N4O2Ru. The van der Waals surface area contributed by atoms with Gasteiger partial charge >= 0.3 is 19.5 Å². The summed E-state index contributed by atoms with van der Waals surface area (Å²) in [6, 6.07) is 0. The first-order valence-electron chi connectivity index (χ1n) is 9.14. The summed E-state index contributed by atoms with van der Waals surface area (Å²) >= 11 is 0. The zero-order valence-electron chi connectivity index (χ0n) is 19.1. The molecule has 0 aliphatic carbocycles. The van der Waals surface area contributed by atoms with E-state index in [0.29, 0.717) is 0 Å². The van der Waals surface area contributed by atoms with Crippen LogP contribution in [-0.2, 0) is 29.1 Å². The molecular weight excluding hydrogens is 429 g/mol. The van der Waals surface area contributed by atoms with Crippen molar-refractivity contribution in [1.29, 1.82) is 0 Å². The first-order valence-corrected chi connectivity index (χ1v) is 9.14. The fraction of sp³-hybridized carbons (Fsp3) is 0.900. The second kappa shape index (κ2) is 23.8. The third kappa shape index (κ3) is 18.9. The summed E-state index contributed by atoms with van der Waals surface area (Å²) in [5.41, 5.74) is 0.454. The molecule has 0 saturated carbocycles. The normalized spacial score (nSPS) is 12.5. The quantitative estimate of drug-likeness (QED) is 0.231. The Hall–Kier alpha value is -0.197. The van der Waals surface area contributed by atoms with Gasteiger partial charge in [0.25, 0.3) is 0 Å². The molecule has 0 spiro atoms. The minimum atomic E-state index is 0. The molecule has 2 unspecified atom stereocenters. The van der Waals surface area contributed by atoms with Gasteiger partial charge in [0, 0.05) is 0 Å². The van der Waals surface area contributed by atoms with Crippen molar-refractivity contribution >= 4 is 13.6 Å². The van der Waals surface area contributed by atoms with Crippen molar-refractivity contribution in [2.45, 2.75) is 80.6 Å². The van der Waals surface area contributed by atoms with Gasteiger partial charge in [0.2, 0.25) is 0 Å². The smallest absolute Gasteiger partial charge is 0.680 e. The maximum absolute atomic E-state index is 7.75. The van der Waals surface area contributed by atoms with Gasteiger partial charge in [-0.1, -0.05) is 79.1 Å². The topological polar surface area (TPSA) is 90.5 Å². The van der Waals surface area contributed by atoms with Gasteiger partial charge in [0.1, 0.15) is 0 Å². The molecule has 162 valence electrons. The van der Waals surface area contributed by atoms with Crippen LogP contribution in [-0.4, -0.2) is 53.1 Å². The van der Waals surface area contributed by atoms with Crippen molar-refractivity contribution in [1.82, 2.24) is 0 Å². The van der Waals surface area contributed by atoms with Gasteiger partial charge in [-0.15, -0.1) is 0 Å². The molecule has 6 nitrogen and oxygen atoms in total. The molecule has 0 rings (SSSR count). The van der Waals surface area contributed by atoms with E-state index in [2.05, 4.69) is 90.2 Å². The van der Waals surface area contributed by atoms with E-state index in [4.69, 9.17) is 9.59 Å². The van der Waals surface area contributed by atoms with Gasteiger partial charge in [-0.05, 0) is 0 Å². The first-order chi connectivity index (χ1) is 12.2. The number of hydrogen-bond acceptors (Lipinski definition) is 2. The third-order valence-electron chi connectivity index (χ3n) is 4.42. The Morgan fingerprint density at radius 2 is 0.889 bits per heavy atom. The van der Waals surface area contributed by atoms with Crippen LogP contribution >= 0.6 is 0 Å². The number of carbonyl (C=O) groups excluding carboxylic acids is 2. The summed E-state index contributed by atoms with van der Waals surface area (Å²) in [6.07, 6.45) is 2.60. The van der Waals surface area contributed by atoms with Crippen LogP contribution in [0.15, 0.2) is 0 Å². The molecule has 0 aromatic rings. The molecule has 0 amide bonds. The second-order valence-electron chi connectivity index (χ2n) is 6.95. The third-order valence-corrected chi connectivity index (χ3v) is 4.42. The number of hydrogen-bond donors (Lipinski definition) is 0. The molecule has 27 heavy (non-hydrogen) atoms. The van der Waals surface area contributed by atoms with Crippen LogP contribution in [0.25, 0.3) is 21.3 Å². The van der Waals surface area contributed by atoms with E-state index in [-0.39, 0.29) is 42.6 Å². The molecule has 0 aromatic heterocycles. The van der Waals surface area contributed by atoms with E-state index in [0.717, 1.165) is 25.9 Å². The molecule has 0 N–H and O–H groups in total. The van der Waals surface area contributed by atoms with Crippen LogP contribution in [0.2, 0.25) is 0 Å². The Morgan fingerprint density at radius 1 is 0.667 bits per heavy atom.